The topological polar surface area (TPSA) is 9.23 Å². The average molecular weight is 280 g/mol. The van der Waals surface area contributed by atoms with Crippen LogP contribution in [0.1, 0.15) is 39.5 Å². The summed E-state index contributed by atoms with van der Waals surface area (Å²) in [5.41, 5.74) is 0.240. The zero-order valence-corrected chi connectivity index (χ0v) is 10.0. The molecule has 2 aliphatic rings. The third-order valence-electron chi connectivity index (χ3n) is 3.96. The van der Waals surface area contributed by atoms with Crippen LogP contribution in [0.4, 0.5) is 0 Å². The molecule has 0 saturated heterocycles. The Morgan fingerprint density at radius 3 is 2.42 bits per heavy atom. The lowest BCUT2D eigenvalue weighted by molar-refractivity contribution is 0.00994. The van der Waals surface area contributed by atoms with Crippen molar-refractivity contribution < 1.29 is 3.07 Å². The molecule has 1 nitrogen and oxygen atoms in total. The number of halogens is 1. The van der Waals surface area contributed by atoms with Crippen LogP contribution in [0, 0.1) is 17.8 Å². The first-order valence-electron chi connectivity index (χ1n) is 4.99. The quantitative estimate of drug-likeness (QED) is 0.703. The van der Waals surface area contributed by atoms with Gasteiger partial charge in [0.15, 0.2) is 0 Å². The molecule has 0 N–H and O–H groups in total. The second kappa shape index (κ2) is 3.12. The largest absolute Gasteiger partial charge is 0.309 e. The maximum Gasteiger partial charge on any atom is 0.110 e. The summed E-state index contributed by atoms with van der Waals surface area (Å²) in [6.07, 6.45) is 5.62. The van der Waals surface area contributed by atoms with Crippen molar-refractivity contribution in [2.75, 3.05) is 0 Å². The predicted octanol–water partition coefficient (Wildman–Crippen LogP) is 3.57. The molecule has 0 aromatic heterocycles. The summed E-state index contributed by atoms with van der Waals surface area (Å²) in [5.74, 6) is 2.52. The third-order valence-corrected chi connectivity index (χ3v) is 4.78. The summed E-state index contributed by atoms with van der Waals surface area (Å²) in [4.78, 5) is 0. The fourth-order valence-corrected chi connectivity index (χ4v) is 4.26. The van der Waals surface area contributed by atoms with E-state index in [1.54, 1.807) is 0 Å². The van der Waals surface area contributed by atoms with Gasteiger partial charge in [0, 0.05) is 0 Å². The lowest BCUT2D eigenvalue weighted by Gasteiger charge is -2.38. The van der Waals surface area contributed by atoms with Gasteiger partial charge >= 0.3 is 0 Å². The SMILES string of the molecule is CC(C)C1(OI)CC2CCC1C2. The van der Waals surface area contributed by atoms with Crippen molar-refractivity contribution in [1.29, 1.82) is 0 Å². The van der Waals surface area contributed by atoms with E-state index in [4.69, 9.17) is 3.07 Å². The number of hydrogen-bond acceptors (Lipinski definition) is 1. The third kappa shape index (κ3) is 1.14. The van der Waals surface area contributed by atoms with Gasteiger partial charge in [0.2, 0.25) is 0 Å². The standard InChI is InChI=1S/C10H17IO/c1-7(2)10(12-11)6-8-3-4-9(10)5-8/h7-9H,3-6H2,1-2H3. The molecule has 3 atom stereocenters. The van der Waals surface area contributed by atoms with E-state index < -0.39 is 0 Å². The Bertz CT molecular complexity index is 181. The van der Waals surface area contributed by atoms with Gasteiger partial charge in [-0.1, -0.05) is 13.8 Å². The molecule has 0 heterocycles. The number of hydrogen-bond donors (Lipinski definition) is 0. The Morgan fingerprint density at radius 1 is 1.42 bits per heavy atom. The van der Waals surface area contributed by atoms with Crippen molar-refractivity contribution >= 4 is 23.0 Å². The van der Waals surface area contributed by atoms with E-state index in [1.807, 2.05) is 0 Å². The lowest BCUT2D eigenvalue weighted by atomic mass is 9.76. The minimum absolute atomic E-state index is 0.240. The van der Waals surface area contributed by atoms with Gasteiger partial charge in [0.1, 0.15) is 23.0 Å². The zero-order chi connectivity index (χ0) is 8.77. The van der Waals surface area contributed by atoms with E-state index in [0.717, 1.165) is 11.8 Å². The highest BCUT2D eigenvalue weighted by Gasteiger charge is 2.53. The van der Waals surface area contributed by atoms with Crippen molar-refractivity contribution in [3.8, 4) is 0 Å². The molecule has 70 valence electrons. The molecule has 0 radical (unpaired) electrons. The highest BCUT2D eigenvalue weighted by molar-refractivity contribution is 14.1. The zero-order valence-electron chi connectivity index (χ0n) is 7.85. The van der Waals surface area contributed by atoms with Crippen LogP contribution in [0.25, 0.3) is 0 Å². The van der Waals surface area contributed by atoms with E-state index in [0.29, 0.717) is 5.92 Å². The van der Waals surface area contributed by atoms with Gasteiger partial charge in [-0.05, 0) is 43.4 Å². The molecule has 2 aliphatic carbocycles. The molecule has 0 aromatic rings. The van der Waals surface area contributed by atoms with Crippen LogP contribution in [-0.4, -0.2) is 5.60 Å². The Morgan fingerprint density at radius 2 is 2.17 bits per heavy atom. The lowest BCUT2D eigenvalue weighted by Crippen LogP contribution is -2.41. The second-order valence-corrected chi connectivity index (χ2v) is 5.21. The minimum Gasteiger partial charge on any atom is -0.309 e. The highest BCUT2D eigenvalue weighted by Crippen LogP contribution is 2.56. The van der Waals surface area contributed by atoms with Crippen LogP contribution in [0.5, 0.6) is 0 Å². The molecule has 2 fully saturated rings. The summed E-state index contributed by atoms with van der Waals surface area (Å²) < 4.78 is 5.76. The summed E-state index contributed by atoms with van der Waals surface area (Å²) in [7, 11) is 0. The van der Waals surface area contributed by atoms with Crippen molar-refractivity contribution in [2.24, 2.45) is 17.8 Å². The summed E-state index contributed by atoms with van der Waals surface area (Å²) in [6.45, 7) is 4.61. The number of rotatable bonds is 2. The van der Waals surface area contributed by atoms with Crippen molar-refractivity contribution in [3.63, 3.8) is 0 Å². The molecule has 0 aromatic carbocycles. The van der Waals surface area contributed by atoms with E-state index in [2.05, 4.69) is 36.9 Å². The molecule has 2 saturated carbocycles. The Balaban J connectivity index is 2.19. The fraction of sp³-hybridized carbons (Fsp3) is 1.00. The first-order valence-corrected chi connectivity index (χ1v) is 5.87. The highest BCUT2D eigenvalue weighted by atomic mass is 127. The Hall–Kier alpha value is 0.690. The normalized spacial score (nSPS) is 46.0. The molecule has 12 heavy (non-hydrogen) atoms. The van der Waals surface area contributed by atoms with E-state index >= 15 is 0 Å². The molecule has 2 heteroatoms. The Kier molecular flexibility index (Phi) is 2.41. The van der Waals surface area contributed by atoms with Gasteiger partial charge in [-0.25, -0.2) is 0 Å². The van der Waals surface area contributed by atoms with E-state index in [-0.39, 0.29) is 5.60 Å². The monoisotopic (exact) mass is 280 g/mol. The van der Waals surface area contributed by atoms with Gasteiger partial charge < -0.3 is 3.07 Å². The van der Waals surface area contributed by atoms with Gasteiger partial charge in [0.25, 0.3) is 0 Å². The summed E-state index contributed by atoms with van der Waals surface area (Å²) in [6, 6.07) is 0. The first kappa shape index (κ1) is 9.25. The molecule has 0 amide bonds. The van der Waals surface area contributed by atoms with Crippen molar-refractivity contribution in [1.82, 2.24) is 0 Å². The summed E-state index contributed by atoms with van der Waals surface area (Å²) in [5, 5.41) is 0. The van der Waals surface area contributed by atoms with E-state index in [9.17, 15) is 0 Å². The number of fused-ring (bicyclic) bond motifs is 2. The second-order valence-electron chi connectivity index (χ2n) is 4.77. The average Bonchev–Trinajstić information content (AvgIpc) is 2.62. The van der Waals surface area contributed by atoms with Crippen LogP contribution in [0.3, 0.4) is 0 Å². The minimum atomic E-state index is 0.240. The molecule has 0 spiro atoms. The molecule has 2 rings (SSSR count). The van der Waals surface area contributed by atoms with Crippen LogP contribution >= 0.6 is 23.0 Å². The Labute approximate surface area is 88.9 Å². The van der Waals surface area contributed by atoms with Crippen LogP contribution in [0.2, 0.25) is 0 Å². The molecular formula is C10H17IO. The fourth-order valence-electron chi connectivity index (χ4n) is 3.21. The van der Waals surface area contributed by atoms with Gasteiger partial charge in [-0.2, -0.15) is 0 Å². The molecular weight excluding hydrogens is 263 g/mol. The first-order chi connectivity index (χ1) is 5.69. The maximum absolute atomic E-state index is 5.76. The molecule has 0 aliphatic heterocycles. The smallest absolute Gasteiger partial charge is 0.110 e. The van der Waals surface area contributed by atoms with Crippen LogP contribution < -0.4 is 0 Å². The van der Waals surface area contributed by atoms with Crippen LogP contribution in [-0.2, 0) is 3.07 Å². The summed E-state index contributed by atoms with van der Waals surface area (Å²) >= 11 is 2.12. The maximum atomic E-state index is 5.76. The van der Waals surface area contributed by atoms with Crippen LogP contribution in [0.15, 0.2) is 0 Å². The molecule has 2 bridgehead atoms. The predicted molar refractivity (Wildman–Crippen MR) is 58.1 cm³/mol. The van der Waals surface area contributed by atoms with Crippen molar-refractivity contribution in [3.05, 3.63) is 0 Å². The van der Waals surface area contributed by atoms with Gasteiger partial charge in [-0.3, -0.25) is 0 Å². The van der Waals surface area contributed by atoms with E-state index in [1.165, 1.54) is 25.7 Å². The van der Waals surface area contributed by atoms with Gasteiger partial charge in [-0.15, -0.1) is 0 Å². The van der Waals surface area contributed by atoms with Crippen molar-refractivity contribution in [2.45, 2.75) is 45.1 Å². The molecule has 3 unspecified atom stereocenters. The van der Waals surface area contributed by atoms with Gasteiger partial charge in [0.05, 0.1) is 5.60 Å².